The van der Waals surface area contributed by atoms with Crippen LogP contribution in [-0.4, -0.2) is 59.0 Å². The molecule has 7 rings (SSSR count). The first-order valence-corrected chi connectivity index (χ1v) is 24.1. The predicted octanol–water partition coefficient (Wildman–Crippen LogP) is 9.88. The number of allylic oxidation sites excluding steroid dienone is 1. The number of aromatic nitrogens is 2. The Hall–Kier alpha value is -4.05. The molecule has 3 aromatic rings. The number of pyridine rings is 1. The lowest BCUT2D eigenvalue weighted by molar-refractivity contribution is -0.151. The number of hydrogen-bond donors (Lipinski definition) is 3. The largest absolute Gasteiger partial charge is 0.463 e. The lowest BCUT2D eigenvalue weighted by Crippen LogP contribution is -2.51. The van der Waals surface area contributed by atoms with Gasteiger partial charge in [0.15, 0.2) is 0 Å². The van der Waals surface area contributed by atoms with Gasteiger partial charge in [-0.25, -0.2) is 14.9 Å². The third-order valence-corrected chi connectivity index (χ3v) is 15.8. The molecule has 63 heavy (non-hydrogen) atoms. The zero-order valence-electron chi connectivity index (χ0n) is 37.5. The van der Waals surface area contributed by atoms with E-state index in [1.807, 2.05) is 22.6 Å². The zero-order valence-corrected chi connectivity index (χ0v) is 39.6. The minimum absolute atomic E-state index is 0.153. The molecule has 2 heterocycles. The van der Waals surface area contributed by atoms with Crippen LogP contribution in [0.5, 0.6) is 0 Å². The van der Waals surface area contributed by atoms with Crippen molar-refractivity contribution in [1.82, 2.24) is 20.2 Å². The summed E-state index contributed by atoms with van der Waals surface area (Å²) in [6.07, 6.45) is 18.2. The van der Waals surface area contributed by atoms with Crippen LogP contribution in [0.25, 0.3) is 5.52 Å². The highest BCUT2D eigenvalue weighted by atomic mass is 127. The molecule has 0 bridgehead atoms. The summed E-state index contributed by atoms with van der Waals surface area (Å²) < 4.78 is 28.1. The smallest absolute Gasteiger partial charge is 0.325 e. The molecule has 0 spiro atoms. The fraction of sp³-hybridized carbons (Fsp3) is 0.612. The Labute approximate surface area is 384 Å². The molecule has 4 aliphatic carbocycles. The molecule has 4 aliphatic rings. The van der Waals surface area contributed by atoms with E-state index in [0.717, 1.165) is 58.8 Å². The molecule has 2 amide bonds. The minimum atomic E-state index is -0.630. The van der Waals surface area contributed by atoms with E-state index >= 15 is 0 Å². The molecular weight excluding hydrogens is 916 g/mol. The highest BCUT2D eigenvalue weighted by Gasteiger charge is 2.59. The van der Waals surface area contributed by atoms with Crippen LogP contribution in [0.3, 0.4) is 0 Å². The van der Waals surface area contributed by atoms with Crippen molar-refractivity contribution in [3.05, 3.63) is 69.5 Å². The molecule has 342 valence electrons. The maximum Gasteiger partial charge on any atom is 0.325 e. The van der Waals surface area contributed by atoms with Crippen molar-refractivity contribution in [2.24, 2.45) is 46.3 Å². The minimum Gasteiger partial charge on any atom is -0.463 e. The summed E-state index contributed by atoms with van der Waals surface area (Å²) in [5.41, 5.74) is 5.40. The second kappa shape index (κ2) is 20.4. The number of benzene rings is 1. The molecule has 1 aromatic carbocycles. The molecule has 0 unspecified atom stereocenters. The molecular formula is C49H65FIN5O7. The molecule has 3 fully saturated rings. The van der Waals surface area contributed by atoms with Crippen molar-refractivity contribution in [2.75, 3.05) is 25.1 Å². The van der Waals surface area contributed by atoms with Gasteiger partial charge in [0.25, 0.3) is 5.91 Å². The fourth-order valence-electron chi connectivity index (χ4n) is 11.9. The Morgan fingerprint density at radius 1 is 0.968 bits per heavy atom. The Kier molecular flexibility index (Phi) is 15.2. The fourth-order valence-corrected chi connectivity index (χ4v) is 12.4. The second-order valence-corrected chi connectivity index (χ2v) is 20.7. The number of nitrogens with one attached hydrogen (secondary N) is 3. The average molecular weight is 982 g/mol. The summed E-state index contributed by atoms with van der Waals surface area (Å²) >= 11 is 2.01. The summed E-state index contributed by atoms with van der Waals surface area (Å²) in [5, 5.41) is 5.56. The summed E-state index contributed by atoms with van der Waals surface area (Å²) in [6, 6.07) is 7.94. The highest BCUT2D eigenvalue weighted by Crippen LogP contribution is 2.67. The van der Waals surface area contributed by atoms with E-state index in [1.165, 1.54) is 62.9 Å². The third-order valence-electron chi connectivity index (χ3n) is 15.2. The van der Waals surface area contributed by atoms with Gasteiger partial charge in [0.1, 0.15) is 43.8 Å². The number of carbonyl (C=O) groups excluding carboxylic acids is 4. The van der Waals surface area contributed by atoms with Gasteiger partial charge in [0, 0.05) is 16.4 Å². The highest BCUT2D eigenvalue weighted by molar-refractivity contribution is 14.1. The molecule has 14 heteroatoms. The van der Waals surface area contributed by atoms with Crippen LogP contribution in [0, 0.1) is 55.7 Å². The van der Waals surface area contributed by atoms with Gasteiger partial charge in [-0.05, 0) is 144 Å². The van der Waals surface area contributed by atoms with Crippen molar-refractivity contribution in [3.63, 3.8) is 0 Å². The number of fused-ring (bicyclic) bond motifs is 6. The van der Waals surface area contributed by atoms with Gasteiger partial charge < -0.3 is 20.1 Å². The standard InChI is InChI=1S/C49H65FIN5O7/c1-30(2)7-6-8-31(3)38-14-15-39-36-12-9-32-25-35(19-21-48(32,4)40(36)20-22-49(38,39)5)63-45(59)28-53-43(57)17-18-44(58)61-23-24-62-55-47(60)37-13-11-34-27-52-29-56(34)46(37)54-42-16-10-33(51)26-41(42)50/h9-11,13,16,26-27,29-31,35-36,38-40,54H,6-8,12,14-15,17-25,28H2,1-5H3,(H,53,57)(H,55,60)/t31-,35+,36+,38-,39+,40+,48+,49-/m1/s1. The Morgan fingerprint density at radius 3 is 2.59 bits per heavy atom. The number of ether oxygens (including phenoxy) is 2. The predicted molar refractivity (Wildman–Crippen MR) is 247 cm³/mol. The lowest BCUT2D eigenvalue weighted by Gasteiger charge is -2.58. The van der Waals surface area contributed by atoms with E-state index in [-0.39, 0.29) is 61.2 Å². The molecule has 0 aliphatic heterocycles. The van der Waals surface area contributed by atoms with Crippen LogP contribution < -0.4 is 16.1 Å². The first kappa shape index (κ1) is 46.9. The number of carbonyl (C=O) groups is 4. The van der Waals surface area contributed by atoms with E-state index in [2.05, 4.69) is 61.8 Å². The van der Waals surface area contributed by atoms with E-state index in [1.54, 1.807) is 34.9 Å². The molecule has 3 saturated carbocycles. The summed E-state index contributed by atoms with van der Waals surface area (Å²) in [6.45, 7) is 11.7. The number of hydroxylamine groups is 1. The monoisotopic (exact) mass is 981 g/mol. The van der Waals surface area contributed by atoms with Crippen LogP contribution >= 0.6 is 22.6 Å². The van der Waals surface area contributed by atoms with Gasteiger partial charge in [-0.2, -0.15) is 0 Å². The van der Waals surface area contributed by atoms with Gasteiger partial charge in [-0.1, -0.05) is 65.5 Å². The van der Waals surface area contributed by atoms with Gasteiger partial charge in [0.2, 0.25) is 5.91 Å². The Bertz CT molecular complexity index is 2180. The molecule has 0 radical (unpaired) electrons. The van der Waals surface area contributed by atoms with Crippen molar-refractivity contribution in [3.8, 4) is 0 Å². The maximum atomic E-state index is 14.7. The number of esters is 2. The quantitative estimate of drug-likeness (QED) is 0.0372. The van der Waals surface area contributed by atoms with E-state index in [0.29, 0.717) is 16.8 Å². The maximum absolute atomic E-state index is 14.7. The number of halogens is 2. The van der Waals surface area contributed by atoms with Crippen LogP contribution in [0.2, 0.25) is 0 Å². The van der Waals surface area contributed by atoms with Crippen LogP contribution in [0.15, 0.2) is 54.5 Å². The molecule has 8 atom stereocenters. The molecule has 3 N–H and O–H groups in total. The normalized spacial score (nSPS) is 26.8. The number of hydrogen-bond acceptors (Lipinski definition) is 9. The summed E-state index contributed by atoms with van der Waals surface area (Å²) in [5.74, 6) is 2.25. The first-order chi connectivity index (χ1) is 30.2. The second-order valence-electron chi connectivity index (χ2n) is 19.5. The first-order valence-electron chi connectivity index (χ1n) is 23.1. The van der Waals surface area contributed by atoms with Crippen LogP contribution in [0.4, 0.5) is 15.9 Å². The van der Waals surface area contributed by atoms with Crippen molar-refractivity contribution in [1.29, 1.82) is 0 Å². The Morgan fingerprint density at radius 2 is 1.79 bits per heavy atom. The van der Waals surface area contributed by atoms with Crippen molar-refractivity contribution < 1.29 is 37.9 Å². The van der Waals surface area contributed by atoms with Crippen molar-refractivity contribution in [2.45, 2.75) is 124 Å². The van der Waals surface area contributed by atoms with E-state index in [4.69, 9.17) is 14.3 Å². The van der Waals surface area contributed by atoms with Gasteiger partial charge in [-0.3, -0.25) is 28.4 Å². The van der Waals surface area contributed by atoms with Crippen molar-refractivity contribution >= 4 is 63.4 Å². The summed E-state index contributed by atoms with van der Waals surface area (Å²) in [7, 11) is 0. The summed E-state index contributed by atoms with van der Waals surface area (Å²) in [4.78, 5) is 60.2. The topological polar surface area (TPSA) is 149 Å². The molecule has 0 saturated heterocycles. The number of amides is 2. The number of anilines is 2. The number of nitrogens with zero attached hydrogens (tertiary/aromatic N) is 2. The van der Waals surface area contributed by atoms with Crippen LogP contribution in [-0.2, 0) is 28.7 Å². The van der Waals surface area contributed by atoms with Gasteiger partial charge in [-0.15, -0.1) is 0 Å². The van der Waals surface area contributed by atoms with E-state index < -0.39 is 29.6 Å². The van der Waals surface area contributed by atoms with Gasteiger partial charge in [0.05, 0.1) is 29.4 Å². The SMILES string of the molecule is CC(C)CCC[C@@H](C)[C@H]1CC[C@H]2[C@@H]3CC=C4C[C@@H](OC(=O)CNC(=O)CCC(=O)OCCONC(=O)c5ccc6cncn6c5Nc5ccc(I)cc5F)CC[C@]4(C)[C@H]3CC[C@]12C. The number of imidazole rings is 1. The molecule has 2 aromatic heterocycles. The van der Waals surface area contributed by atoms with E-state index in [9.17, 15) is 23.6 Å². The van der Waals surface area contributed by atoms with Crippen LogP contribution in [0.1, 0.15) is 128 Å². The average Bonchev–Trinajstić information content (AvgIpc) is 3.88. The number of rotatable bonds is 18. The molecule has 12 nitrogen and oxygen atoms in total. The Balaban J connectivity index is 0.790. The van der Waals surface area contributed by atoms with Gasteiger partial charge >= 0.3 is 11.9 Å². The zero-order chi connectivity index (χ0) is 44.9. The lowest BCUT2D eigenvalue weighted by atomic mass is 9.47. The third kappa shape index (κ3) is 10.7.